The maximum Gasteiger partial charge on any atom is 0.241 e. The lowest BCUT2D eigenvalue weighted by Gasteiger charge is -2.39. The standard InChI is InChI=1S/C22H33FN4O2/c1-16-12-17(2)14-27(13-16)21(28)15-25-8-10-26(11-9-25)18(3)22(29)24-20-7-5-4-6-19(20)23/h4-7,16-18H,8-15H2,1-3H3,(H,24,29)/t16-,17+,18-/m1/s1. The topological polar surface area (TPSA) is 55.9 Å². The van der Waals surface area contributed by atoms with Crippen LogP contribution in [0.5, 0.6) is 0 Å². The van der Waals surface area contributed by atoms with Gasteiger partial charge in [0, 0.05) is 39.3 Å². The highest BCUT2D eigenvalue weighted by Crippen LogP contribution is 2.21. The van der Waals surface area contributed by atoms with E-state index in [0.29, 0.717) is 31.5 Å². The summed E-state index contributed by atoms with van der Waals surface area (Å²) in [6.45, 7) is 11.4. The van der Waals surface area contributed by atoms with Gasteiger partial charge < -0.3 is 10.2 Å². The Morgan fingerprint density at radius 2 is 1.72 bits per heavy atom. The van der Waals surface area contributed by atoms with E-state index in [1.165, 1.54) is 12.5 Å². The van der Waals surface area contributed by atoms with Crippen molar-refractivity contribution in [3.8, 4) is 0 Å². The molecular formula is C22H33FN4O2. The van der Waals surface area contributed by atoms with Crippen LogP contribution in [-0.2, 0) is 9.59 Å². The van der Waals surface area contributed by atoms with Gasteiger partial charge in [-0.15, -0.1) is 0 Å². The molecule has 6 nitrogen and oxygen atoms in total. The molecule has 2 fully saturated rings. The highest BCUT2D eigenvalue weighted by atomic mass is 19.1. The average molecular weight is 405 g/mol. The Kier molecular flexibility index (Phi) is 7.24. The smallest absolute Gasteiger partial charge is 0.241 e. The number of likely N-dealkylation sites (tertiary alicyclic amines) is 1. The van der Waals surface area contributed by atoms with E-state index in [4.69, 9.17) is 0 Å². The molecule has 3 atom stereocenters. The van der Waals surface area contributed by atoms with Gasteiger partial charge >= 0.3 is 0 Å². The number of para-hydroxylation sites is 1. The Labute approximate surface area is 173 Å². The third kappa shape index (κ3) is 5.76. The maximum atomic E-state index is 13.8. The van der Waals surface area contributed by atoms with Crippen LogP contribution >= 0.6 is 0 Å². The molecule has 2 aliphatic rings. The van der Waals surface area contributed by atoms with Crippen LogP contribution in [0.15, 0.2) is 24.3 Å². The minimum atomic E-state index is -0.433. The molecule has 2 aliphatic heterocycles. The van der Waals surface area contributed by atoms with E-state index in [1.807, 2.05) is 11.8 Å². The van der Waals surface area contributed by atoms with E-state index in [0.717, 1.165) is 26.2 Å². The number of hydrogen-bond donors (Lipinski definition) is 1. The van der Waals surface area contributed by atoms with Crippen molar-refractivity contribution in [1.82, 2.24) is 14.7 Å². The molecular weight excluding hydrogens is 371 g/mol. The summed E-state index contributed by atoms with van der Waals surface area (Å²) in [5, 5.41) is 2.67. The summed E-state index contributed by atoms with van der Waals surface area (Å²) >= 11 is 0. The second kappa shape index (κ2) is 9.67. The normalized spacial score (nSPS) is 24.9. The SMILES string of the molecule is C[C@@H]1C[C@H](C)CN(C(=O)CN2CCN([C@H](C)C(=O)Nc3ccccc3F)CC2)C1. The number of carbonyl (C=O) groups excluding carboxylic acids is 2. The number of amides is 2. The first-order valence-electron chi connectivity index (χ1n) is 10.6. The van der Waals surface area contributed by atoms with Gasteiger partial charge in [0.1, 0.15) is 5.82 Å². The predicted octanol–water partition coefficient (Wildman–Crippen LogP) is 2.27. The van der Waals surface area contributed by atoms with Crippen molar-refractivity contribution in [3.05, 3.63) is 30.1 Å². The zero-order chi connectivity index (χ0) is 21.0. The average Bonchev–Trinajstić information content (AvgIpc) is 2.69. The lowest BCUT2D eigenvalue weighted by atomic mass is 9.92. The number of rotatable bonds is 5. The third-order valence-corrected chi connectivity index (χ3v) is 6.05. The summed E-state index contributed by atoms with van der Waals surface area (Å²) < 4.78 is 13.8. The minimum absolute atomic E-state index is 0.207. The van der Waals surface area contributed by atoms with Gasteiger partial charge in [-0.1, -0.05) is 26.0 Å². The summed E-state index contributed by atoms with van der Waals surface area (Å²) in [7, 11) is 0. The lowest BCUT2D eigenvalue weighted by Crippen LogP contribution is -2.55. The highest BCUT2D eigenvalue weighted by molar-refractivity contribution is 5.94. The quantitative estimate of drug-likeness (QED) is 0.818. The third-order valence-electron chi connectivity index (χ3n) is 6.05. The van der Waals surface area contributed by atoms with E-state index in [-0.39, 0.29) is 23.5 Å². The molecule has 0 aliphatic carbocycles. The van der Waals surface area contributed by atoms with Crippen LogP contribution in [0, 0.1) is 17.7 Å². The molecule has 0 spiro atoms. The van der Waals surface area contributed by atoms with Crippen LogP contribution in [0.3, 0.4) is 0 Å². The number of anilines is 1. The first-order valence-corrected chi connectivity index (χ1v) is 10.6. The first-order chi connectivity index (χ1) is 13.8. The van der Waals surface area contributed by atoms with Gasteiger partial charge in [0.05, 0.1) is 18.3 Å². The molecule has 7 heteroatoms. The summed E-state index contributed by atoms with van der Waals surface area (Å²) in [6, 6.07) is 5.84. The first kappa shape index (κ1) is 21.7. The number of halogens is 1. The molecule has 160 valence electrons. The van der Waals surface area contributed by atoms with Crippen molar-refractivity contribution in [2.24, 2.45) is 11.8 Å². The van der Waals surface area contributed by atoms with E-state index in [1.54, 1.807) is 18.2 Å². The molecule has 2 amide bonds. The summed E-state index contributed by atoms with van der Waals surface area (Å²) in [6.07, 6.45) is 1.19. The molecule has 0 aromatic heterocycles. The number of piperidine rings is 1. The molecule has 1 aromatic carbocycles. The summed E-state index contributed by atoms with van der Waals surface area (Å²) in [4.78, 5) is 31.5. The van der Waals surface area contributed by atoms with Gasteiger partial charge in [-0.25, -0.2) is 4.39 Å². The Hall–Kier alpha value is -1.99. The number of hydrogen-bond acceptors (Lipinski definition) is 4. The van der Waals surface area contributed by atoms with E-state index >= 15 is 0 Å². The van der Waals surface area contributed by atoms with Crippen LogP contribution in [0.25, 0.3) is 0 Å². The van der Waals surface area contributed by atoms with Crippen molar-refractivity contribution < 1.29 is 14.0 Å². The Morgan fingerprint density at radius 1 is 1.10 bits per heavy atom. The monoisotopic (exact) mass is 404 g/mol. The Balaban J connectivity index is 1.45. The van der Waals surface area contributed by atoms with Gasteiger partial charge in [-0.2, -0.15) is 0 Å². The second-order valence-corrected chi connectivity index (χ2v) is 8.70. The van der Waals surface area contributed by atoms with Crippen molar-refractivity contribution in [3.63, 3.8) is 0 Å². The Bertz CT molecular complexity index is 711. The molecule has 2 saturated heterocycles. The fourth-order valence-electron chi connectivity index (χ4n) is 4.43. The van der Waals surface area contributed by atoms with E-state index in [2.05, 4.69) is 29.0 Å². The van der Waals surface area contributed by atoms with Crippen LogP contribution in [-0.4, -0.2) is 78.4 Å². The van der Waals surface area contributed by atoms with Crippen molar-refractivity contribution >= 4 is 17.5 Å². The molecule has 1 N–H and O–H groups in total. The highest BCUT2D eigenvalue weighted by Gasteiger charge is 2.29. The number of nitrogens with zero attached hydrogens (tertiary/aromatic N) is 3. The van der Waals surface area contributed by atoms with Gasteiger partial charge in [0.15, 0.2) is 0 Å². The molecule has 0 unspecified atom stereocenters. The predicted molar refractivity (Wildman–Crippen MR) is 112 cm³/mol. The van der Waals surface area contributed by atoms with E-state index < -0.39 is 5.82 Å². The largest absolute Gasteiger partial charge is 0.341 e. The fourth-order valence-corrected chi connectivity index (χ4v) is 4.43. The van der Waals surface area contributed by atoms with Gasteiger partial charge in [0.25, 0.3) is 0 Å². The van der Waals surface area contributed by atoms with Gasteiger partial charge in [-0.05, 0) is 37.3 Å². The molecule has 2 heterocycles. The zero-order valence-electron chi connectivity index (χ0n) is 17.7. The molecule has 0 saturated carbocycles. The number of nitrogens with one attached hydrogen (secondary N) is 1. The van der Waals surface area contributed by atoms with Gasteiger partial charge in [0.2, 0.25) is 11.8 Å². The number of piperazine rings is 1. The minimum Gasteiger partial charge on any atom is -0.341 e. The number of benzene rings is 1. The molecule has 0 bridgehead atoms. The van der Waals surface area contributed by atoms with Crippen molar-refractivity contribution in [2.45, 2.75) is 33.2 Å². The van der Waals surface area contributed by atoms with Crippen LogP contribution in [0.4, 0.5) is 10.1 Å². The Morgan fingerprint density at radius 3 is 2.34 bits per heavy atom. The van der Waals surface area contributed by atoms with Crippen molar-refractivity contribution in [2.75, 3.05) is 51.1 Å². The molecule has 1 aromatic rings. The molecule has 29 heavy (non-hydrogen) atoms. The van der Waals surface area contributed by atoms with Crippen LogP contribution < -0.4 is 5.32 Å². The maximum absolute atomic E-state index is 13.8. The molecule has 0 radical (unpaired) electrons. The molecule has 3 rings (SSSR count). The van der Waals surface area contributed by atoms with Gasteiger partial charge in [-0.3, -0.25) is 19.4 Å². The van der Waals surface area contributed by atoms with Crippen LogP contribution in [0.2, 0.25) is 0 Å². The summed E-state index contributed by atoms with van der Waals surface area (Å²) in [5.74, 6) is 0.692. The fraction of sp³-hybridized carbons (Fsp3) is 0.636. The lowest BCUT2D eigenvalue weighted by molar-refractivity contribution is -0.136. The summed E-state index contributed by atoms with van der Waals surface area (Å²) in [5.41, 5.74) is 0.207. The second-order valence-electron chi connectivity index (χ2n) is 8.70. The number of carbonyl (C=O) groups is 2. The van der Waals surface area contributed by atoms with E-state index in [9.17, 15) is 14.0 Å². The van der Waals surface area contributed by atoms with Crippen LogP contribution in [0.1, 0.15) is 27.2 Å². The zero-order valence-corrected chi connectivity index (χ0v) is 17.7. The van der Waals surface area contributed by atoms with Crippen molar-refractivity contribution in [1.29, 1.82) is 0 Å².